The maximum Gasteiger partial charge on any atom is 0.154 e. The summed E-state index contributed by atoms with van der Waals surface area (Å²) in [6, 6.07) is 17.6. The number of halogens is 2. The second-order valence-corrected chi connectivity index (χ2v) is 7.94. The molecule has 0 unspecified atom stereocenters. The molecule has 0 spiro atoms. The molecule has 2 aromatic carbocycles. The van der Waals surface area contributed by atoms with Crippen molar-refractivity contribution in [2.75, 3.05) is 0 Å². The lowest BCUT2D eigenvalue weighted by molar-refractivity contribution is 0.578. The maximum absolute atomic E-state index is 6.54. The molecule has 1 aliphatic rings. The largest absolute Gasteiger partial charge is 0.463 e. The number of hydrogen-bond acceptors (Lipinski definition) is 3. The van der Waals surface area contributed by atoms with E-state index in [-0.39, 0.29) is 6.04 Å². The first kappa shape index (κ1) is 17.5. The molecule has 2 aromatic heterocycles. The molecule has 0 radical (unpaired) electrons. The van der Waals surface area contributed by atoms with Crippen molar-refractivity contribution < 1.29 is 4.42 Å². The summed E-state index contributed by atoms with van der Waals surface area (Å²) in [4.78, 5) is 9.71. The Morgan fingerprint density at radius 3 is 2.71 bits per heavy atom. The summed E-state index contributed by atoms with van der Waals surface area (Å²) in [6.45, 7) is 2.07. The van der Waals surface area contributed by atoms with Gasteiger partial charge in [-0.25, -0.2) is 4.98 Å². The van der Waals surface area contributed by atoms with Crippen LogP contribution in [0.4, 0.5) is 0 Å². The Morgan fingerprint density at radius 1 is 1.07 bits per heavy atom. The Kier molecular flexibility index (Phi) is 4.22. The van der Waals surface area contributed by atoms with Gasteiger partial charge in [0, 0.05) is 20.6 Å². The smallest absolute Gasteiger partial charge is 0.154 e. The lowest BCUT2D eigenvalue weighted by Gasteiger charge is -2.13. The van der Waals surface area contributed by atoms with Crippen molar-refractivity contribution in [3.05, 3.63) is 93.5 Å². The van der Waals surface area contributed by atoms with Gasteiger partial charge in [0.05, 0.1) is 29.4 Å². The SMILES string of the molecule is C[C@H]1N=C(c2ccccc2Cl)c2cc(Br)ccc2-n2cnc(-c3ccco3)c21. The first-order valence-corrected chi connectivity index (χ1v) is 10.0. The van der Waals surface area contributed by atoms with Crippen molar-refractivity contribution in [3.63, 3.8) is 0 Å². The maximum atomic E-state index is 6.54. The van der Waals surface area contributed by atoms with E-state index in [1.807, 2.05) is 48.8 Å². The summed E-state index contributed by atoms with van der Waals surface area (Å²) >= 11 is 10.1. The Morgan fingerprint density at radius 2 is 1.93 bits per heavy atom. The van der Waals surface area contributed by atoms with Crippen LogP contribution in [0.25, 0.3) is 17.1 Å². The lowest BCUT2D eigenvalue weighted by atomic mass is 10.0. The summed E-state index contributed by atoms with van der Waals surface area (Å²) in [7, 11) is 0. The molecule has 4 nitrogen and oxygen atoms in total. The van der Waals surface area contributed by atoms with Gasteiger partial charge in [0.15, 0.2) is 5.76 Å². The number of aliphatic imine (C=N–C) groups is 1. The van der Waals surface area contributed by atoms with Crippen molar-refractivity contribution in [3.8, 4) is 17.1 Å². The average Bonchev–Trinajstić information content (AvgIpc) is 3.34. The van der Waals surface area contributed by atoms with Crippen LogP contribution >= 0.6 is 27.5 Å². The number of furan rings is 1. The predicted octanol–water partition coefficient (Wildman–Crippen LogP) is 6.46. The summed E-state index contributed by atoms with van der Waals surface area (Å²) in [5, 5.41) is 0.676. The summed E-state index contributed by atoms with van der Waals surface area (Å²) in [5.41, 5.74) is 5.57. The van der Waals surface area contributed by atoms with Crippen LogP contribution in [0.2, 0.25) is 5.02 Å². The summed E-state index contributed by atoms with van der Waals surface area (Å²) in [6.07, 6.45) is 3.49. The monoisotopic (exact) mass is 451 g/mol. The summed E-state index contributed by atoms with van der Waals surface area (Å²) in [5.74, 6) is 0.732. The molecular weight excluding hydrogens is 438 g/mol. The second-order valence-electron chi connectivity index (χ2n) is 6.62. The van der Waals surface area contributed by atoms with Crippen molar-refractivity contribution in [2.45, 2.75) is 13.0 Å². The van der Waals surface area contributed by atoms with E-state index in [2.05, 4.69) is 44.5 Å². The topological polar surface area (TPSA) is 43.3 Å². The van der Waals surface area contributed by atoms with Crippen LogP contribution in [0.3, 0.4) is 0 Å². The van der Waals surface area contributed by atoms with Crippen LogP contribution in [0.1, 0.15) is 29.8 Å². The van der Waals surface area contributed by atoms with Gasteiger partial charge >= 0.3 is 0 Å². The number of benzene rings is 2. The predicted molar refractivity (Wildman–Crippen MR) is 114 cm³/mol. The fourth-order valence-corrected chi connectivity index (χ4v) is 4.24. The lowest BCUT2D eigenvalue weighted by Crippen LogP contribution is -2.07. The molecule has 1 atom stereocenters. The normalized spacial score (nSPS) is 15.5. The van der Waals surface area contributed by atoms with Crippen molar-refractivity contribution in [1.82, 2.24) is 9.55 Å². The zero-order valence-corrected chi connectivity index (χ0v) is 17.3. The Bertz CT molecular complexity index is 1210. The van der Waals surface area contributed by atoms with Crippen molar-refractivity contribution in [1.29, 1.82) is 0 Å². The highest BCUT2D eigenvalue weighted by Gasteiger charge is 2.28. The summed E-state index contributed by atoms with van der Waals surface area (Å²) < 4.78 is 8.69. The highest BCUT2D eigenvalue weighted by atomic mass is 79.9. The molecule has 0 amide bonds. The molecule has 5 rings (SSSR count). The van der Waals surface area contributed by atoms with E-state index in [9.17, 15) is 0 Å². The molecule has 1 aliphatic heterocycles. The number of fused-ring (bicyclic) bond motifs is 3. The van der Waals surface area contributed by atoms with E-state index in [0.29, 0.717) is 5.02 Å². The zero-order valence-electron chi connectivity index (χ0n) is 14.9. The van der Waals surface area contributed by atoms with Crippen LogP contribution in [0.5, 0.6) is 0 Å². The third-order valence-electron chi connectivity index (χ3n) is 4.88. The van der Waals surface area contributed by atoms with Crippen LogP contribution in [0, 0.1) is 0 Å². The highest BCUT2D eigenvalue weighted by Crippen LogP contribution is 2.37. The molecule has 0 N–H and O–H groups in total. The van der Waals surface area contributed by atoms with Gasteiger partial charge in [0.1, 0.15) is 12.0 Å². The third kappa shape index (κ3) is 2.74. The fraction of sp³-hybridized carbons (Fsp3) is 0.0909. The van der Waals surface area contributed by atoms with E-state index in [4.69, 9.17) is 21.0 Å². The number of rotatable bonds is 2. The molecule has 4 aromatic rings. The molecule has 0 aliphatic carbocycles. The Labute approximate surface area is 175 Å². The van der Waals surface area contributed by atoms with E-state index in [1.54, 1.807) is 6.26 Å². The van der Waals surface area contributed by atoms with Crippen molar-refractivity contribution in [2.24, 2.45) is 4.99 Å². The van der Waals surface area contributed by atoms with Gasteiger partial charge in [-0.15, -0.1) is 0 Å². The fourth-order valence-electron chi connectivity index (χ4n) is 3.65. The molecule has 0 bridgehead atoms. The van der Waals surface area contributed by atoms with Crippen LogP contribution in [-0.2, 0) is 0 Å². The van der Waals surface area contributed by atoms with Crippen LogP contribution < -0.4 is 0 Å². The minimum absolute atomic E-state index is 0.139. The van der Waals surface area contributed by atoms with Gasteiger partial charge < -0.3 is 4.42 Å². The molecule has 0 saturated carbocycles. The first-order valence-electron chi connectivity index (χ1n) is 8.87. The molecular formula is C22H15BrClN3O. The molecule has 0 saturated heterocycles. The van der Waals surface area contributed by atoms with Gasteiger partial charge in [-0.2, -0.15) is 0 Å². The number of imidazole rings is 1. The Balaban J connectivity index is 1.82. The zero-order chi connectivity index (χ0) is 19.3. The van der Waals surface area contributed by atoms with Crippen molar-refractivity contribution >= 4 is 33.2 Å². The minimum atomic E-state index is -0.139. The quantitative estimate of drug-likeness (QED) is 0.350. The molecule has 28 heavy (non-hydrogen) atoms. The van der Waals surface area contributed by atoms with E-state index in [1.165, 1.54) is 0 Å². The van der Waals surface area contributed by atoms with Crippen LogP contribution in [-0.4, -0.2) is 15.3 Å². The van der Waals surface area contributed by atoms with Gasteiger partial charge in [0.25, 0.3) is 0 Å². The second kappa shape index (κ2) is 6.76. The van der Waals surface area contributed by atoms with Crippen LogP contribution in [0.15, 0.2) is 81.1 Å². The van der Waals surface area contributed by atoms with E-state index >= 15 is 0 Å². The number of nitrogens with zero attached hydrogens (tertiary/aromatic N) is 3. The number of hydrogen-bond donors (Lipinski definition) is 0. The Hall–Kier alpha value is -2.63. The van der Waals surface area contributed by atoms with E-state index < -0.39 is 0 Å². The molecule has 6 heteroatoms. The van der Waals surface area contributed by atoms with Gasteiger partial charge in [-0.1, -0.05) is 45.7 Å². The third-order valence-corrected chi connectivity index (χ3v) is 5.70. The number of aromatic nitrogens is 2. The van der Waals surface area contributed by atoms with Gasteiger partial charge in [-0.05, 0) is 43.3 Å². The van der Waals surface area contributed by atoms with Gasteiger partial charge in [-0.3, -0.25) is 9.56 Å². The molecule has 138 valence electrons. The molecule has 3 heterocycles. The van der Waals surface area contributed by atoms with E-state index in [0.717, 1.165) is 44.1 Å². The highest BCUT2D eigenvalue weighted by molar-refractivity contribution is 9.10. The minimum Gasteiger partial charge on any atom is -0.463 e. The first-order chi connectivity index (χ1) is 13.6. The average molecular weight is 453 g/mol. The molecule has 0 fully saturated rings. The standard InChI is InChI=1S/C22H15BrClN3O/c1-13-22-21(19-7-4-10-28-19)25-12-27(22)18-9-8-14(23)11-16(18)20(26-13)15-5-2-3-6-17(15)24/h2-13H,1H3/t13-/m1/s1. The van der Waals surface area contributed by atoms with Gasteiger partial charge in [0.2, 0.25) is 0 Å².